The molecule has 1 nitrogen and oxygen atoms in total. The zero-order valence-electron chi connectivity index (χ0n) is 13.7. The van der Waals surface area contributed by atoms with Crippen molar-refractivity contribution in [3.8, 4) is 0 Å². The Morgan fingerprint density at radius 1 is 1.10 bits per heavy atom. The molecular weight excluding hydrogens is 242 g/mol. The molecule has 0 bridgehead atoms. The van der Waals surface area contributed by atoms with Crippen molar-refractivity contribution in [2.45, 2.75) is 71.9 Å². The van der Waals surface area contributed by atoms with Gasteiger partial charge in [0.2, 0.25) is 0 Å². The first-order valence-corrected chi connectivity index (χ1v) is 8.37. The third kappa shape index (κ3) is 4.63. The summed E-state index contributed by atoms with van der Waals surface area (Å²) in [5.41, 5.74) is 2.76. The second-order valence-corrected chi connectivity index (χ2v) is 7.16. The summed E-state index contributed by atoms with van der Waals surface area (Å²) < 4.78 is 0. The highest BCUT2D eigenvalue weighted by Gasteiger charge is 2.23. The standard InChI is InChI=1S/C19H31N/c1-14(2)12-17-6-5-7-19(13-17)20-16(4)18-10-8-15(3)9-11-18/h8-11,14,16-17,19-20H,5-7,12-13H2,1-4H3/t16-,17?,19?/m0/s1. The Bertz CT molecular complexity index is 393. The van der Waals surface area contributed by atoms with Gasteiger partial charge in [0.15, 0.2) is 0 Å². The van der Waals surface area contributed by atoms with E-state index in [0.29, 0.717) is 12.1 Å². The van der Waals surface area contributed by atoms with E-state index in [1.165, 1.54) is 43.2 Å². The van der Waals surface area contributed by atoms with Crippen LogP contribution in [0.5, 0.6) is 0 Å². The first kappa shape index (κ1) is 15.6. The number of hydrogen-bond donors (Lipinski definition) is 1. The van der Waals surface area contributed by atoms with Crippen LogP contribution in [0.3, 0.4) is 0 Å². The molecule has 1 fully saturated rings. The molecule has 1 aromatic rings. The summed E-state index contributed by atoms with van der Waals surface area (Å²) in [5.74, 6) is 1.78. The van der Waals surface area contributed by atoms with Gasteiger partial charge in [-0.15, -0.1) is 0 Å². The second-order valence-electron chi connectivity index (χ2n) is 7.16. The lowest BCUT2D eigenvalue weighted by Gasteiger charge is -2.33. The fraction of sp³-hybridized carbons (Fsp3) is 0.684. The molecule has 2 unspecified atom stereocenters. The lowest BCUT2D eigenvalue weighted by molar-refractivity contribution is 0.242. The Hall–Kier alpha value is -0.820. The Balaban J connectivity index is 1.87. The molecule has 1 saturated carbocycles. The highest BCUT2D eigenvalue weighted by Crippen LogP contribution is 2.30. The Morgan fingerprint density at radius 2 is 1.80 bits per heavy atom. The topological polar surface area (TPSA) is 12.0 Å². The molecule has 20 heavy (non-hydrogen) atoms. The summed E-state index contributed by atoms with van der Waals surface area (Å²) in [6.45, 7) is 9.16. The lowest BCUT2D eigenvalue weighted by atomic mass is 9.81. The van der Waals surface area contributed by atoms with Crippen LogP contribution in [0.4, 0.5) is 0 Å². The average molecular weight is 273 g/mol. The van der Waals surface area contributed by atoms with Crippen molar-refractivity contribution in [1.82, 2.24) is 5.32 Å². The molecule has 0 radical (unpaired) electrons. The quantitative estimate of drug-likeness (QED) is 0.772. The van der Waals surface area contributed by atoms with E-state index < -0.39 is 0 Å². The maximum Gasteiger partial charge on any atom is 0.0294 e. The monoisotopic (exact) mass is 273 g/mol. The summed E-state index contributed by atoms with van der Waals surface area (Å²) in [5, 5.41) is 3.86. The average Bonchev–Trinajstić information content (AvgIpc) is 2.39. The molecule has 112 valence electrons. The number of benzene rings is 1. The van der Waals surface area contributed by atoms with Gasteiger partial charge in [-0.2, -0.15) is 0 Å². The minimum absolute atomic E-state index is 0.471. The van der Waals surface area contributed by atoms with Crippen molar-refractivity contribution in [3.63, 3.8) is 0 Å². The smallest absolute Gasteiger partial charge is 0.0294 e. The molecule has 2 rings (SSSR count). The van der Waals surface area contributed by atoms with Gasteiger partial charge in [-0.1, -0.05) is 56.5 Å². The molecule has 1 aliphatic rings. The van der Waals surface area contributed by atoms with E-state index in [0.717, 1.165) is 11.8 Å². The highest BCUT2D eigenvalue weighted by molar-refractivity contribution is 5.23. The molecule has 1 heteroatoms. The van der Waals surface area contributed by atoms with Crippen LogP contribution in [0.25, 0.3) is 0 Å². The van der Waals surface area contributed by atoms with E-state index in [-0.39, 0.29) is 0 Å². The van der Waals surface area contributed by atoms with E-state index >= 15 is 0 Å². The summed E-state index contributed by atoms with van der Waals surface area (Å²) in [4.78, 5) is 0. The van der Waals surface area contributed by atoms with Crippen molar-refractivity contribution < 1.29 is 0 Å². The number of nitrogens with one attached hydrogen (secondary N) is 1. The van der Waals surface area contributed by atoms with Crippen molar-refractivity contribution in [1.29, 1.82) is 0 Å². The molecule has 1 aliphatic carbocycles. The maximum absolute atomic E-state index is 3.86. The van der Waals surface area contributed by atoms with Crippen LogP contribution in [0.1, 0.15) is 70.0 Å². The normalized spacial score (nSPS) is 24.9. The SMILES string of the molecule is Cc1ccc([C@H](C)NC2CCCC(CC(C)C)C2)cc1. The van der Waals surface area contributed by atoms with Gasteiger partial charge in [0.05, 0.1) is 0 Å². The summed E-state index contributed by atoms with van der Waals surface area (Å²) in [6, 6.07) is 10.1. The molecule has 0 heterocycles. The Labute approximate surface area is 125 Å². The predicted molar refractivity (Wildman–Crippen MR) is 87.9 cm³/mol. The minimum atomic E-state index is 0.471. The van der Waals surface area contributed by atoms with Crippen LogP contribution in [0.2, 0.25) is 0 Å². The van der Waals surface area contributed by atoms with Crippen LogP contribution in [-0.4, -0.2) is 6.04 Å². The largest absolute Gasteiger partial charge is 0.307 e. The maximum atomic E-state index is 3.86. The first-order valence-electron chi connectivity index (χ1n) is 8.37. The fourth-order valence-electron chi connectivity index (χ4n) is 3.63. The molecule has 0 spiro atoms. The van der Waals surface area contributed by atoms with Crippen molar-refractivity contribution in [3.05, 3.63) is 35.4 Å². The number of rotatable bonds is 5. The van der Waals surface area contributed by atoms with Gasteiger partial charge in [0.25, 0.3) is 0 Å². The van der Waals surface area contributed by atoms with E-state index in [2.05, 4.69) is 57.3 Å². The minimum Gasteiger partial charge on any atom is -0.307 e. The van der Waals surface area contributed by atoms with E-state index in [1.54, 1.807) is 0 Å². The molecule has 1 N–H and O–H groups in total. The van der Waals surface area contributed by atoms with E-state index in [1.807, 2.05) is 0 Å². The van der Waals surface area contributed by atoms with Crippen molar-refractivity contribution in [2.75, 3.05) is 0 Å². The van der Waals surface area contributed by atoms with Crippen molar-refractivity contribution >= 4 is 0 Å². The summed E-state index contributed by atoms with van der Waals surface area (Å²) in [7, 11) is 0. The zero-order chi connectivity index (χ0) is 14.5. The van der Waals surface area contributed by atoms with Gasteiger partial charge in [0, 0.05) is 12.1 Å². The van der Waals surface area contributed by atoms with E-state index in [9.17, 15) is 0 Å². The molecule has 0 amide bonds. The number of aryl methyl sites for hydroxylation is 1. The van der Waals surface area contributed by atoms with Gasteiger partial charge in [-0.3, -0.25) is 0 Å². The van der Waals surface area contributed by atoms with Crippen LogP contribution >= 0.6 is 0 Å². The molecule has 3 atom stereocenters. The van der Waals surface area contributed by atoms with Crippen LogP contribution in [-0.2, 0) is 0 Å². The zero-order valence-corrected chi connectivity index (χ0v) is 13.7. The Kier molecular flexibility index (Phi) is 5.65. The second kappa shape index (κ2) is 7.26. The lowest BCUT2D eigenvalue weighted by Crippen LogP contribution is -2.36. The van der Waals surface area contributed by atoms with Gasteiger partial charge < -0.3 is 5.32 Å². The third-order valence-corrected chi connectivity index (χ3v) is 4.65. The van der Waals surface area contributed by atoms with Crippen LogP contribution in [0, 0.1) is 18.8 Å². The van der Waals surface area contributed by atoms with Gasteiger partial charge in [0.1, 0.15) is 0 Å². The molecule has 0 saturated heterocycles. The molecule has 0 aliphatic heterocycles. The fourth-order valence-corrected chi connectivity index (χ4v) is 3.63. The summed E-state index contributed by atoms with van der Waals surface area (Å²) in [6.07, 6.45) is 6.96. The number of hydrogen-bond acceptors (Lipinski definition) is 1. The van der Waals surface area contributed by atoms with Crippen LogP contribution in [0.15, 0.2) is 24.3 Å². The van der Waals surface area contributed by atoms with Gasteiger partial charge >= 0.3 is 0 Å². The predicted octanol–water partition coefficient (Wildman–Crippen LogP) is 5.25. The van der Waals surface area contributed by atoms with Crippen LogP contribution < -0.4 is 5.32 Å². The van der Waals surface area contributed by atoms with Gasteiger partial charge in [-0.25, -0.2) is 0 Å². The molecule has 1 aromatic carbocycles. The third-order valence-electron chi connectivity index (χ3n) is 4.65. The first-order chi connectivity index (χ1) is 9.54. The Morgan fingerprint density at radius 3 is 2.45 bits per heavy atom. The highest BCUT2D eigenvalue weighted by atomic mass is 14.9. The molecular formula is C19H31N. The van der Waals surface area contributed by atoms with E-state index in [4.69, 9.17) is 0 Å². The van der Waals surface area contributed by atoms with Gasteiger partial charge in [-0.05, 0) is 50.5 Å². The summed E-state index contributed by atoms with van der Waals surface area (Å²) >= 11 is 0. The molecule has 0 aromatic heterocycles. The van der Waals surface area contributed by atoms with Crippen molar-refractivity contribution in [2.24, 2.45) is 11.8 Å².